The highest BCUT2D eigenvalue weighted by Crippen LogP contribution is 2.29. The summed E-state index contributed by atoms with van der Waals surface area (Å²) in [5, 5.41) is 8.97. The first-order valence-electron chi connectivity index (χ1n) is 5.18. The monoisotopic (exact) mass is 268 g/mol. The molecule has 0 atom stereocenters. The van der Waals surface area contributed by atoms with Gasteiger partial charge in [-0.05, 0) is 12.1 Å². The van der Waals surface area contributed by atoms with Crippen LogP contribution in [0.25, 0.3) is 0 Å². The fourth-order valence-electron chi connectivity index (χ4n) is 1.36. The zero-order chi connectivity index (χ0) is 13.5. The van der Waals surface area contributed by atoms with Crippen molar-refractivity contribution in [3.05, 3.63) is 23.3 Å². The number of methoxy groups -OCH3 is 2. The van der Waals surface area contributed by atoms with Gasteiger partial charge in [0.25, 0.3) is 0 Å². The van der Waals surface area contributed by atoms with E-state index in [9.17, 15) is 4.79 Å². The molecule has 1 aromatic carbocycles. The Morgan fingerprint density at radius 3 is 2.28 bits per heavy atom. The van der Waals surface area contributed by atoms with Crippen molar-refractivity contribution >= 4 is 17.6 Å². The van der Waals surface area contributed by atoms with Gasteiger partial charge in [0, 0.05) is 12.3 Å². The van der Waals surface area contributed by atoms with Crippen molar-refractivity contribution in [3.8, 4) is 23.3 Å². The van der Waals surface area contributed by atoms with Crippen molar-refractivity contribution in [2.24, 2.45) is 0 Å². The van der Waals surface area contributed by atoms with Crippen LogP contribution in [0.3, 0.4) is 0 Å². The number of carbonyl (C=O) groups is 1. The summed E-state index contributed by atoms with van der Waals surface area (Å²) in [6.07, 6.45) is 0.536. The number of benzene rings is 1. The molecule has 0 aliphatic carbocycles. The minimum Gasteiger partial charge on any atom is -0.495 e. The Morgan fingerprint density at radius 1 is 1.33 bits per heavy atom. The van der Waals surface area contributed by atoms with Gasteiger partial charge < -0.3 is 14.6 Å². The van der Waals surface area contributed by atoms with E-state index in [4.69, 9.17) is 26.2 Å². The highest BCUT2D eigenvalue weighted by atomic mass is 35.5. The Bertz CT molecular complexity index is 474. The largest absolute Gasteiger partial charge is 0.495 e. The number of alkyl halides is 1. The van der Waals surface area contributed by atoms with Crippen LogP contribution in [0.1, 0.15) is 22.3 Å². The van der Waals surface area contributed by atoms with Crippen LogP contribution in [0, 0.1) is 11.8 Å². The van der Waals surface area contributed by atoms with Crippen LogP contribution < -0.4 is 9.47 Å². The Morgan fingerprint density at radius 2 is 1.89 bits per heavy atom. The molecule has 1 N–H and O–H groups in total. The Kier molecular flexibility index (Phi) is 5.34. The summed E-state index contributed by atoms with van der Waals surface area (Å²) in [5.74, 6) is 5.86. The number of halogens is 1. The molecule has 0 amide bonds. The molecule has 18 heavy (non-hydrogen) atoms. The number of rotatable bonds is 4. The molecule has 0 fully saturated rings. The quantitative estimate of drug-likeness (QED) is 0.673. The van der Waals surface area contributed by atoms with E-state index in [1.54, 1.807) is 0 Å². The molecule has 0 unspecified atom stereocenters. The van der Waals surface area contributed by atoms with Gasteiger partial charge in [0.2, 0.25) is 0 Å². The van der Waals surface area contributed by atoms with Crippen molar-refractivity contribution < 1.29 is 19.4 Å². The molecule has 1 aromatic rings. The second kappa shape index (κ2) is 6.77. The van der Waals surface area contributed by atoms with E-state index in [1.165, 1.54) is 26.4 Å². The number of hydrogen-bond donors (Lipinski definition) is 1. The van der Waals surface area contributed by atoms with Crippen molar-refractivity contribution in [1.29, 1.82) is 0 Å². The topological polar surface area (TPSA) is 55.8 Å². The summed E-state index contributed by atoms with van der Waals surface area (Å²) < 4.78 is 10.3. The zero-order valence-corrected chi connectivity index (χ0v) is 10.9. The lowest BCUT2D eigenvalue weighted by Crippen LogP contribution is -2.01. The molecule has 0 heterocycles. The van der Waals surface area contributed by atoms with Crippen LogP contribution >= 0.6 is 11.6 Å². The van der Waals surface area contributed by atoms with Crippen molar-refractivity contribution in [3.63, 3.8) is 0 Å². The molecule has 0 aliphatic heterocycles. The fraction of sp³-hybridized carbons (Fsp3) is 0.308. The third kappa shape index (κ3) is 3.31. The minimum atomic E-state index is -1.05. The molecule has 0 saturated carbocycles. The van der Waals surface area contributed by atoms with Crippen molar-refractivity contribution in [1.82, 2.24) is 0 Å². The molecule has 4 nitrogen and oxygen atoms in total. The second-order valence-corrected chi connectivity index (χ2v) is 3.68. The maximum Gasteiger partial charge on any atom is 0.335 e. The third-order valence-corrected chi connectivity index (χ3v) is 2.37. The van der Waals surface area contributed by atoms with Crippen LogP contribution in [0.2, 0.25) is 0 Å². The molecule has 0 saturated heterocycles. The number of hydrogen-bond acceptors (Lipinski definition) is 3. The average molecular weight is 269 g/mol. The number of carboxylic acid groups (broad SMARTS) is 1. The first-order valence-corrected chi connectivity index (χ1v) is 5.71. The van der Waals surface area contributed by atoms with Gasteiger partial charge in [-0.15, -0.1) is 11.6 Å². The Balaban J connectivity index is 3.31. The van der Waals surface area contributed by atoms with E-state index in [2.05, 4.69) is 11.8 Å². The van der Waals surface area contributed by atoms with E-state index in [-0.39, 0.29) is 5.56 Å². The van der Waals surface area contributed by atoms with Crippen LogP contribution in [-0.4, -0.2) is 31.2 Å². The normalized spacial score (nSPS) is 9.28. The van der Waals surface area contributed by atoms with Gasteiger partial charge in [0.1, 0.15) is 17.1 Å². The SMILES string of the molecule is COc1cc(C(=O)O)cc(OC)c1C#CCCCl. The summed E-state index contributed by atoms with van der Waals surface area (Å²) in [6.45, 7) is 0. The number of carboxylic acids is 1. The second-order valence-electron chi connectivity index (χ2n) is 3.30. The van der Waals surface area contributed by atoms with Crippen LogP contribution in [0.4, 0.5) is 0 Å². The number of aromatic carboxylic acids is 1. The summed E-state index contributed by atoms with van der Waals surface area (Å²) in [7, 11) is 2.90. The van der Waals surface area contributed by atoms with E-state index >= 15 is 0 Å². The molecule has 0 radical (unpaired) electrons. The fourth-order valence-corrected chi connectivity index (χ4v) is 1.45. The summed E-state index contributed by atoms with van der Waals surface area (Å²) in [4.78, 5) is 10.9. The van der Waals surface area contributed by atoms with Gasteiger partial charge in [-0.3, -0.25) is 0 Å². The van der Waals surface area contributed by atoms with Crippen molar-refractivity contribution in [2.75, 3.05) is 20.1 Å². The Labute approximate surface area is 110 Å². The molecule has 96 valence electrons. The Hall–Kier alpha value is -1.86. The van der Waals surface area contributed by atoms with Gasteiger partial charge in [-0.25, -0.2) is 4.79 Å². The van der Waals surface area contributed by atoms with Crippen molar-refractivity contribution in [2.45, 2.75) is 6.42 Å². The molecule has 1 rings (SSSR count). The minimum absolute atomic E-state index is 0.0894. The van der Waals surface area contributed by atoms with E-state index in [0.717, 1.165) is 0 Å². The molecule has 0 aliphatic rings. The average Bonchev–Trinajstić information content (AvgIpc) is 2.38. The molecule has 0 spiro atoms. The zero-order valence-electron chi connectivity index (χ0n) is 10.1. The van der Waals surface area contributed by atoms with Crippen LogP contribution in [-0.2, 0) is 0 Å². The molecular formula is C13H13ClO4. The van der Waals surface area contributed by atoms with Gasteiger partial charge in [0.05, 0.1) is 19.8 Å². The van der Waals surface area contributed by atoms with Gasteiger partial charge in [-0.1, -0.05) is 11.8 Å². The smallest absolute Gasteiger partial charge is 0.335 e. The summed E-state index contributed by atoms with van der Waals surface area (Å²) in [5.41, 5.74) is 0.613. The third-order valence-electron chi connectivity index (χ3n) is 2.19. The maximum absolute atomic E-state index is 10.9. The predicted molar refractivity (Wildman–Crippen MR) is 68.7 cm³/mol. The van der Waals surface area contributed by atoms with Crippen LogP contribution in [0.5, 0.6) is 11.5 Å². The molecule has 0 aromatic heterocycles. The predicted octanol–water partition coefficient (Wildman–Crippen LogP) is 2.38. The van der Waals surface area contributed by atoms with E-state index < -0.39 is 5.97 Å². The first kappa shape index (κ1) is 14.2. The molecule has 0 bridgehead atoms. The number of ether oxygens (including phenoxy) is 2. The van der Waals surface area contributed by atoms with Gasteiger partial charge >= 0.3 is 5.97 Å². The van der Waals surface area contributed by atoms with Crippen LogP contribution in [0.15, 0.2) is 12.1 Å². The lowest BCUT2D eigenvalue weighted by molar-refractivity contribution is 0.0696. The van der Waals surface area contributed by atoms with E-state index in [0.29, 0.717) is 29.4 Å². The van der Waals surface area contributed by atoms with Gasteiger partial charge in [0.15, 0.2) is 0 Å². The maximum atomic E-state index is 10.9. The highest BCUT2D eigenvalue weighted by molar-refractivity contribution is 6.18. The lowest BCUT2D eigenvalue weighted by Gasteiger charge is -2.10. The molecule has 5 heteroatoms. The lowest BCUT2D eigenvalue weighted by atomic mass is 10.1. The van der Waals surface area contributed by atoms with E-state index in [1.807, 2.05) is 0 Å². The standard InChI is InChI=1S/C13H13ClO4/c1-17-11-7-9(13(15)16)8-12(18-2)10(11)5-3-4-6-14/h7-8H,4,6H2,1-2H3,(H,15,16). The first-order chi connectivity index (χ1) is 8.63. The summed E-state index contributed by atoms with van der Waals surface area (Å²) in [6, 6.07) is 2.82. The highest BCUT2D eigenvalue weighted by Gasteiger charge is 2.14. The van der Waals surface area contributed by atoms with Gasteiger partial charge in [-0.2, -0.15) is 0 Å². The summed E-state index contributed by atoms with van der Waals surface area (Å²) >= 11 is 5.54. The molecular weight excluding hydrogens is 256 g/mol.